The van der Waals surface area contributed by atoms with Crippen LogP contribution in [0.25, 0.3) is 22.0 Å². The first-order chi connectivity index (χ1) is 16.7. The van der Waals surface area contributed by atoms with Gasteiger partial charge in [-0.15, -0.1) is 5.10 Å². The average molecular weight is 494 g/mol. The number of methoxy groups -OCH3 is 1. The number of carboxylic acid groups (broad SMARTS) is 1. The lowest BCUT2D eigenvalue weighted by Gasteiger charge is -2.14. The van der Waals surface area contributed by atoms with Gasteiger partial charge in [0.2, 0.25) is 0 Å². The Labute approximate surface area is 201 Å². The minimum Gasteiger partial charge on any atom is -0.497 e. The van der Waals surface area contributed by atoms with Gasteiger partial charge in [-0.2, -0.15) is 0 Å². The van der Waals surface area contributed by atoms with Crippen molar-refractivity contribution in [3.05, 3.63) is 82.6 Å². The van der Waals surface area contributed by atoms with E-state index in [-0.39, 0.29) is 17.9 Å². The summed E-state index contributed by atoms with van der Waals surface area (Å²) in [5, 5.41) is 16.1. The number of hydrogen-bond acceptors (Lipinski definition) is 7. The highest BCUT2D eigenvalue weighted by Crippen LogP contribution is 2.26. The summed E-state index contributed by atoms with van der Waals surface area (Å²) >= 11 is 0. The van der Waals surface area contributed by atoms with Crippen LogP contribution in [0.3, 0.4) is 0 Å². The molecule has 4 aromatic rings. The number of aliphatic carboxylic acids is 1. The maximum Gasteiger partial charge on any atom is 0.322 e. The average Bonchev–Trinajstić information content (AvgIpc) is 2.85. The van der Waals surface area contributed by atoms with Crippen molar-refractivity contribution in [2.24, 2.45) is 0 Å². The molecular formula is C25H23N3O6S. The molecule has 1 aromatic heterocycles. The molecule has 0 spiro atoms. The molecule has 0 fully saturated rings. The molecule has 0 bridgehead atoms. The molecule has 0 saturated heterocycles. The summed E-state index contributed by atoms with van der Waals surface area (Å²) in [6.45, 7) is 1.62. The number of hydrogen-bond donors (Lipinski definition) is 1. The smallest absolute Gasteiger partial charge is 0.322 e. The lowest BCUT2D eigenvalue weighted by molar-refractivity contribution is -0.136. The third kappa shape index (κ3) is 4.92. The molecule has 1 heterocycles. The van der Waals surface area contributed by atoms with Gasteiger partial charge in [0, 0.05) is 6.54 Å². The van der Waals surface area contributed by atoms with Crippen molar-refractivity contribution < 1.29 is 23.1 Å². The van der Waals surface area contributed by atoms with E-state index >= 15 is 0 Å². The maximum absolute atomic E-state index is 13.1. The molecule has 10 heteroatoms. The van der Waals surface area contributed by atoms with Crippen LogP contribution in [0.5, 0.6) is 5.75 Å². The van der Waals surface area contributed by atoms with Crippen molar-refractivity contribution >= 4 is 26.7 Å². The van der Waals surface area contributed by atoms with E-state index in [0.29, 0.717) is 16.7 Å². The summed E-state index contributed by atoms with van der Waals surface area (Å²) in [5.41, 5.74) is 2.44. The number of fused-ring (bicyclic) bond motifs is 1. The molecule has 1 atom stereocenters. The summed E-state index contributed by atoms with van der Waals surface area (Å²) in [7, 11) is -2.66. The van der Waals surface area contributed by atoms with Crippen molar-refractivity contribution in [2.45, 2.75) is 30.0 Å². The Morgan fingerprint density at radius 3 is 2.26 bits per heavy atom. The van der Waals surface area contributed by atoms with Crippen LogP contribution in [-0.4, -0.2) is 46.8 Å². The first kappa shape index (κ1) is 24.1. The second-order valence-electron chi connectivity index (χ2n) is 8.05. The molecule has 1 unspecified atom stereocenters. The molecule has 0 amide bonds. The number of carbonyl (C=O) groups is 1. The fourth-order valence-electron chi connectivity index (χ4n) is 3.77. The molecule has 0 aliphatic carbocycles. The number of ether oxygens (including phenoxy) is 1. The zero-order chi connectivity index (χ0) is 25.2. The topological polar surface area (TPSA) is 128 Å². The largest absolute Gasteiger partial charge is 0.497 e. The van der Waals surface area contributed by atoms with Crippen LogP contribution >= 0.6 is 0 Å². The van der Waals surface area contributed by atoms with Crippen LogP contribution in [0, 0.1) is 6.92 Å². The predicted octanol–water partition coefficient (Wildman–Crippen LogP) is 3.09. The van der Waals surface area contributed by atoms with E-state index in [4.69, 9.17) is 4.74 Å². The molecule has 0 aliphatic rings. The molecular weight excluding hydrogens is 470 g/mol. The maximum atomic E-state index is 13.1. The van der Waals surface area contributed by atoms with Gasteiger partial charge in [0.1, 0.15) is 11.3 Å². The van der Waals surface area contributed by atoms with Crippen LogP contribution in [0.15, 0.2) is 76.4 Å². The van der Waals surface area contributed by atoms with Gasteiger partial charge < -0.3 is 9.84 Å². The highest BCUT2D eigenvalue weighted by atomic mass is 32.2. The van der Waals surface area contributed by atoms with Crippen LogP contribution in [0.4, 0.5) is 0 Å². The van der Waals surface area contributed by atoms with Crippen molar-refractivity contribution in [1.82, 2.24) is 15.0 Å². The van der Waals surface area contributed by atoms with Gasteiger partial charge in [-0.1, -0.05) is 41.1 Å². The van der Waals surface area contributed by atoms with Crippen molar-refractivity contribution in [1.29, 1.82) is 0 Å². The quantitative estimate of drug-likeness (QED) is 0.397. The van der Waals surface area contributed by atoms with Crippen LogP contribution in [-0.2, 0) is 21.2 Å². The summed E-state index contributed by atoms with van der Waals surface area (Å²) in [5.74, 6) is -0.801. The van der Waals surface area contributed by atoms with Crippen LogP contribution in [0.1, 0.15) is 12.0 Å². The van der Waals surface area contributed by atoms with Crippen molar-refractivity contribution in [3.8, 4) is 16.9 Å². The third-order valence-electron chi connectivity index (χ3n) is 5.74. The Kier molecular flexibility index (Phi) is 6.65. The molecule has 9 nitrogen and oxygen atoms in total. The summed E-state index contributed by atoms with van der Waals surface area (Å²) in [6, 6.07) is 18.4. The van der Waals surface area contributed by atoms with E-state index in [9.17, 15) is 23.1 Å². The molecule has 4 rings (SSSR count). The number of rotatable bonds is 8. The molecule has 0 aliphatic heterocycles. The summed E-state index contributed by atoms with van der Waals surface area (Å²) < 4.78 is 32.4. The molecule has 0 radical (unpaired) electrons. The number of nitrogens with zero attached hydrogens (tertiary/aromatic N) is 3. The second kappa shape index (κ2) is 9.67. The number of benzene rings is 3. The highest BCUT2D eigenvalue weighted by molar-refractivity contribution is 7.92. The lowest BCUT2D eigenvalue weighted by Crippen LogP contribution is -2.34. The van der Waals surface area contributed by atoms with Crippen molar-refractivity contribution in [3.63, 3.8) is 0 Å². The standard InChI is InChI=1S/C25H23N3O6S/c1-16-3-12-22-21(15-16)24(29)28(27-26-22)14-13-23(25(30)31)35(32,33)20-10-6-18(7-11-20)17-4-8-19(34-2)9-5-17/h3-12,15,23H,13-14H2,1-2H3,(H,30,31). The van der Waals surface area contributed by atoms with Gasteiger partial charge in [0.25, 0.3) is 5.56 Å². The SMILES string of the molecule is COc1ccc(-c2ccc(S(=O)(=O)C(CCn3nnc4ccc(C)cc4c3=O)C(=O)O)cc2)cc1. The molecule has 3 aromatic carbocycles. The minimum absolute atomic E-state index is 0.116. The Morgan fingerprint density at radius 1 is 1.03 bits per heavy atom. The Morgan fingerprint density at radius 2 is 1.66 bits per heavy atom. The Hall–Kier alpha value is -4.05. The van der Waals surface area contributed by atoms with Crippen LogP contribution in [0.2, 0.25) is 0 Å². The van der Waals surface area contributed by atoms with Gasteiger partial charge in [-0.25, -0.2) is 13.1 Å². The highest BCUT2D eigenvalue weighted by Gasteiger charge is 2.34. The van der Waals surface area contributed by atoms with E-state index in [1.165, 1.54) is 12.1 Å². The number of aromatic nitrogens is 3. The minimum atomic E-state index is -4.23. The summed E-state index contributed by atoms with van der Waals surface area (Å²) in [6.07, 6.45) is -0.343. The first-order valence-corrected chi connectivity index (χ1v) is 12.3. The van der Waals surface area contributed by atoms with E-state index in [1.807, 2.05) is 19.1 Å². The normalized spacial score (nSPS) is 12.4. The predicted molar refractivity (Wildman–Crippen MR) is 130 cm³/mol. The van der Waals surface area contributed by atoms with E-state index < -0.39 is 26.6 Å². The molecule has 1 N–H and O–H groups in total. The van der Waals surface area contributed by atoms with E-state index in [0.717, 1.165) is 21.4 Å². The number of aryl methyl sites for hydroxylation is 2. The van der Waals surface area contributed by atoms with Gasteiger partial charge in [-0.3, -0.25) is 9.59 Å². The van der Waals surface area contributed by atoms with Crippen LogP contribution < -0.4 is 10.3 Å². The first-order valence-electron chi connectivity index (χ1n) is 10.8. The molecule has 180 valence electrons. The lowest BCUT2D eigenvalue weighted by atomic mass is 10.1. The number of sulfone groups is 1. The van der Waals surface area contributed by atoms with E-state index in [1.54, 1.807) is 49.6 Å². The summed E-state index contributed by atoms with van der Waals surface area (Å²) in [4.78, 5) is 24.6. The Bertz CT molecular complexity index is 1550. The number of carboxylic acids is 1. The fraction of sp³-hybridized carbons (Fsp3) is 0.200. The van der Waals surface area contributed by atoms with Crippen molar-refractivity contribution in [2.75, 3.05) is 7.11 Å². The zero-order valence-electron chi connectivity index (χ0n) is 19.1. The monoisotopic (exact) mass is 493 g/mol. The molecule has 0 saturated carbocycles. The second-order valence-corrected chi connectivity index (χ2v) is 10.2. The van der Waals surface area contributed by atoms with Gasteiger partial charge in [0.05, 0.1) is 17.4 Å². The zero-order valence-corrected chi connectivity index (χ0v) is 19.9. The van der Waals surface area contributed by atoms with E-state index in [2.05, 4.69) is 10.3 Å². The van der Waals surface area contributed by atoms with Gasteiger partial charge in [0.15, 0.2) is 15.1 Å². The fourth-order valence-corrected chi connectivity index (χ4v) is 5.30. The van der Waals surface area contributed by atoms with Gasteiger partial charge >= 0.3 is 5.97 Å². The molecule has 35 heavy (non-hydrogen) atoms. The van der Waals surface area contributed by atoms with Gasteiger partial charge in [-0.05, 0) is 60.9 Å². The third-order valence-corrected chi connectivity index (χ3v) is 7.85. The Balaban J connectivity index is 1.57.